The molecular weight excluding hydrogens is 192 g/mol. The third-order valence-corrected chi connectivity index (χ3v) is 2.63. The lowest BCUT2D eigenvalue weighted by atomic mass is 9.96. The number of ether oxygens (including phenoxy) is 2. The van der Waals surface area contributed by atoms with Gasteiger partial charge in [0.05, 0.1) is 12.7 Å². The molecule has 3 heteroatoms. The molecule has 0 aliphatic heterocycles. The zero-order valence-corrected chi connectivity index (χ0v) is 8.73. The maximum atomic E-state index is 11.6. The normalized spacial score (nSPS) is 15.5. The Labute approximate surface area is 89.0 Å². The van der Waals surface area contributed by atoms with Gasteiger partial charge in [0.15, 0.2) is 0 Å². The van der Waals surface area contributed by atoms with E-state index in [0.717, 1.165) is 19.3 Å². The van der Waals surface area contributed by atoms with Gasteiger partial charge in [0.2, 0.25) is 0 Å². The van der Waals surface area contributed by atoms with Crippen molar-refractivity contribution in [3.63, 3.8) is 0 Å². The minimum atomic E-state index is -0.251. The van der Waals surface area contributed by atoms with Gasteiger partial charge in [0.25, 0.3) is 0 Å². The number of rotatable bonds is 3. The van der Waals surface area contributed by atoms with E-state index in [1.54, 1.807) is 31.4 Å². The van der Waals surface area contributed by atoms with E-state index in [4.69, 9.17) is 9.47 Å². The topological polar surface area (TPSA) is 35.5 Å². The summed E-state index contributed by atoms with van der Waals surface area (Å²) in [6, 6.07) is 7.03. The van der Waals surface area contributed by atoms with Crippen LogP contribution in [0.3, 0.4) is 0 Å². The van der Waals surface area contributed by atoms with Gasteiger partial charge in [-0.3, -0.25) is 0 Å². The number of methoxy groups -OCH3 is 1. The Balaban J connectivity index is 2.03. The maximum absolute atomic E-state index is 11.6. The second-order valence-electron chi connectivity index (χ2n) is 3.69. The molecule has 1 aliphatic rings. The lowest BCUT2D eigenvalue weighted by Gasteiger charge is -2.25. The van der Waals surface area contributed by atoms with Gasteiger partial charge in [-0.2, -0.15) is 0 Å². The van der Waals surface area contributed by atoms with Crippen LogP contribution in [-0.4, -0.2) is 19.2 Å². The van der Waals surface area contributed by atoms with Gasteiger partial charge in [-0.15, -0.1) is 0 Å². The zero-order valence-electron chi connectivity index (χ0n) is 8.73. The van der Waals surface area contributed by atoms with Gasteiger partial charge in [-0.1, -0.05) is 6.07 Å². The predicted molar refractivity (Wildman–Crippen MR) is 56.0 cm³/mol. The average molecular weight is 206 g/mol. The minimum absolute atomic E-state index is 0.128. The van der Waals surface area contributed by atoms with E-state index in [1.807, 2.05) is 0 Å². The molecule has 0 spiro atoms. The molecule has 1 aromatic carbocycles. The van der Waals surface area contributed by atoms with Crippen molar-refractivity contribution >= 4 is 5.97 Å². The first-order valence-electron chi connectivity index (χ1n) is 5.14. The molecule has 1 saturated carbocycles. The molecule has 15 heavy (non-hydrogen) atoms. The van der Waals surface area contributed by atoms with Crippen LogP contribution < -0.4 is 4.74 Å². The molecular formula is C12H14O3. The van der Waals surface area contributed by atoms with E-state index in [1.165, 1.54) is 0 Å². The first-order chi connectivity index (χ1) is 7.29. The quantitative estimate of drug-likeness (QED) is 0.712. The highest BCUT2D eigenvalue weighted by atomic mass is 16.5. The fourth-order valence-electron chi connectivity index (χ4n) is 1.46. The highest BCUT2D eigenvalue weighted by molar-refractivity contribution is 5.90. The SMILES string of the molecule is COc1cccc(C(=O)OC2CCC2)c1. The summed E-state index contributed by atoms with van der Waals surface area (Å²) in [6.07, 6.45) is 3.28. The summed E-state index contributed by atoms with van der Waals surface area (Å²) in [6.45, 7) is 0. The van der Waals surface area contributed by atoms with Crippen LogP contribution in [0.25, 0.3) is 0 Å². The van der Waals surface area contributed by atoms with Crippen LogP contribution >= 0.6 is 0 Å². The molecule has 0 saturated heterocycles. The molecule has 0 N–H and O–H groups in total. The fraction of sp³-hybridized carbons (Fsp3) is 0.417. The predicted octanol–water partition coefficient (Wildman–Crippen LogP) is 2.40. The van der Waals surface area contributed by atoms with Crippen molar-refractivity contribution in [1.82, 2.24) is 0 Å². The highest BCUT2D eigenvalue weighted by Crippen LogP contribution is 2.23. The number of hydrogen-bond acceptors (Lipinski definition) is 3. The standard InChI is InChI=1S/C12H14O3/c1-14-11-7-2-4-9(8-11)12(13)15-10-5-3-6-10/h2,4,7-8,10H,3,5-6H2,1H3. The molecule has 0 amide bonds. The second-order valence-corrected chi connectivity index (χ2v) is 3.69. The lowest BCUT2D eigenvalue weighted by Crippen LogP contribution is -2.25. The maximum Gasteiger partial charge on any atom is 0.338 e. The summed E-state index contributed by atoms with van der Waals surface area (Å²) in [4.78, 5) is 11.6. The molecule has 0 radical (unpaired) electrons. The number of carbonyl (C=O) groups excluding carboxylic acids is 1. The highest BCUT2D eigenvalue weighted by Gasteiger charge is 2.22. The molecule has 0 aromatic heterocycles. The average Bonchev–Trinajstić information content (AvgIpc) is 2.23. The van der Waals surface area contributed by atoms with Crippen molar-refractivity contribution in [2.75, 3.05) is 7.11 Å². The monoisotopic (exact) mass is 206 g/mol. The molecule has 0 unspecified atom stereocenters. The van der Waals surface area contributed by atoms with Gasteiger partial charge in [0.1, 0.15) is 11.9 Å². The zero-order chi connectivity index (χ0) is 10.7. The van der Waals surface area contributed by atoms with Crippen molar-refractivity contribution < 1.29 is 14.3 Å². The third-order valence-electron chi connectivity index (χ3n) is 2.63. The fourth-order valence-corrected chi connectivity index (χ4v) is 1.46. The van der Waals surface area contributed by atoms with Crippen molar-refractivity contribution in [1.29, 1.82) is 0 Å². The van der Waals surface area contributed by atoms with Crippen LogP contribution in [0.5, 0.6) is 5.75 Å². The number of benzene rings is 1. The van der Waals surface area contributed by atoms with Crippen molar-refractivity contribution in [2.24, 2.45) is 0 Å². The van der Waals surface area contributed by atoms with Gasteiger partial charge in [-0.05, 0) is 37.5 Å². The van der Waals surface area contributed by atoms with E-state index in [2.05, 4.69) is 0 Å². The van der Waals surface area contributed by atoms with Gasteiger partial charge < -0.3 is 9.47 Å². The first-order valence-corrected chi connectivity index (χ1v) is 5.14. The summed E-state index contributed by atoms with van der Waals surface area (Å²) in [7, 11) is 1.58. The van der Waals surface area contributed by atoms with Crippen LogP contribution in [0, 0.1) is 0 Å². The molecule has 80 valence electrons. The van der Waals surface area contributed by atoms with Crippen LogP contribution in [-0.2, 0) is 4.74 Å². The molecule has 2 rings (SSSR count). The second kappa shape index (κ2) is 4.34. The summed E-state index contributed by atoms with van der Waals surface area (Å²) < 4.78 is 10.3. The Morgan fingerprint density at radius 2 is 2.20 bits per heavy atom. The van der Waals surface area contributed by atoms with E-state index >= 15 is 0 Å². The largest absolute Gasteiger partial charge is 0.497 e. The summed E-state index contributed by atoms with van der Waals surface area (Å²) >= 11 is 0. The van der Waals surface area contributed by atoms with Gasteiger partial charge in [-0.25, -0.2) is 4.79 Å². The Kier molecular flexibility index (Phi) is 2.90. The number of hydrogen-bond donors (Lipinski definition) is 0. The third kappa shape index (κ3) is 2.29. The van der Waals surface area contributed by atoms with Crippen molar-refractivity contribution in [3.8, 4) is 5.75 Å². The first kappa shape index (κ1) is 10.0. The molecule has 0 heterocycles. The molecule has 1 aromatic rings. The molecule has 0 bridgehead atoms. The van der Waals surface area contributed by atoms with Crippen LogP contribution in [0.1, 0.15) is 29.6 Å². The van der Waals surface area contributed by atoms with E-state index in [0.29, 0.717) is 11.3 Å². The van der Waals surface area contributed by atoms with E-state index in [-0.39, 0.29) is 12.1 Å². The number of esters is 1. The Morgan fingerprint density at radius 1 is 1.40 bits per heavy atom. The number of carbonyl (C=O) groups is 1. The molecule has 3 nitrogen and oxygen atoms in total. The molecule has 0 atom stereocenters. The summed E-state index contributed by atoms with van der Waals surface area (Å²) in [5.41, 5.74) is 0.557. The summed E-state index contributed by atoms with van der Waals surface area (Å²) in [5, 5.41) is 0. The van der Waals surface area contributed by atoms with Crippen LogP contribution in [0.2, 0.25) is 0 Å². The Morgan fingerprint density at radius 3 is 2.80 bits per heavy atom. The smallest absolute Gasteiger partial charge is 0.338 e. The van der Waals surface area contributed by atoms with Gasteiger partial charge >= 0.3 is 5.97 Å². The van der Waals surface area contributed by atoms with Crippen LogP contribution in [0.15, 0.2) is 24.3 Å². The van der Waals surface area contributed by atoms with E-state index < -0.39 is 0 Å². The van der Waals surface area contributed by atoms with E-state index in [9.17, 15) is 4.79 Å². The molecule has 1 aliphatic carbocycles. The summed E-state index contributed by atoms with van der Waals surface area (Å²) in [5.74, 6) is 0.427. The minimum Gasteiger partial charge on any atom is -0.497 e. The van der Waals surface area contributed by atoms with Gasteiger partial charge in [0, 0.05) is 0 Å². The van der Waals surface area contributed by atoms with Crippen LogP contribution in [0.4, 0.5) is 0 Å². The Bertz CT molecular complexity index is 356. The molecule has 1 fully saturated rings. The Hall–Kier alpha value is -1.51. The lowest BCUT2D eigenvalue weighted by molar-refractivity contribution is 0.00898. The van der Waals surface area contributed by atoms with Crippen molar-refractivity contribution in [2.45, 2.75) is 25.4 Å². The van der Waals surface area contributed by atoms with Crippen molar-refractivity contribution in [3.05, 3.63) is 29.8 Å².